The van der Waals surface area contributed by atoms with Crippen molar-refractivity contribution in [1.82, 2.24) is 0 Å². The average Bonchev–Trinajstić information content (AvgIpc) is 2.77. The molecule has 1 amide bonds. The summed E-state index contributed by atoms with van der Waals surface area (Å²) in [5, 5.41) is 11.5. The summed E-state index contributed by atoms with van der Waals surface area (Å²) in [5.41, 5.74) is 0.456. The van der Waals surface area contributed by atoms with E-state index in [1.54, 1.807) is 0 Å². The van der Waals surface area contributed by atoms with Crippen LogP contribution >= 0.6 is 0 Å². The molecule has 18 heavy (non-hydrogen) atoms. The number of anilines is 1. The predicted octanol–water partition coefficient (Wildman–Crippen LogP) is 2.06. The maximum Gasteiger partial charge on any atom is 0.230 e. The molecular formula is C13H13FN2O2. The summed E-state index contributed by atoms with van der Waals surface area (Å²) in [7, 11) is 0. The molecule has 0 radical (unpaired) electrons. The topological polar surface area (TPSA) is 62.1 Å². The Morgan fingerprint density at radius 1 is 1.61 bits per heavy atom. The van der Waals surface area contributed by atoms with Crippen molar-refractivity contribution in [1.29, 1.82) is 5.26 Å². The molecule has 0 spiro atoms. The number of benzene rings is 1. The van der Waals surface area contributed by atoms with Gasteiger partial charge in [-0.2, -0.15) is 5.26 Å². The molecule has 0 saturated carbocycles. The van der Waals surface area contributed by atoms with Crippen LogP contribution in [0.3, 0.4) is 0 Å². The van der Waals surface area contributed by atoms with Gasteiger partial charge in [0.15, 0.2) is 0 Å². The third-order valence-electron chi connectivity index (χ3n) is 3.07. The molecular weight excluding hydrogens is 235 g/mol. The molecule has 0 aromatic heterocycles. The number of hydrogen-bond donors (Lipinski definition) is 1. The highest BCUT2D eigenvalue weighted by molar-refractivity contribution is 5.94. The molecule has 1 N–H and O–H groups in total. The van der Waals surface area contributed by atoms with Crippen molar-refractivity contribution in [2.45, 2.75) is 19.4 Å². The lowest BCUT2D eigenvalue weighted by Gasteiger charge is -2.14. The van der Waals surface area contributed by atoms with E-state index in [0.717, 1.165) is 6.07 Å². The van der Waals surface area contributed by atoms with Crippen LogP contribution in [0.15, 0.2) is 18.2 Å². The van der Waals surface area contributed by atoms with Gasteiger partial charge in [-0.1, -0.05) is 0 Å². The minimum Gasteiger partial charge on any atom is -0.378 e. The van der Waals surface area contributed by atoms with E-state index in [4.69, 9.17) is 10.00 Å². The number of amides is 1. The Kier molecular flexibility index (Phi) is 3.58. The third-order valence-corrected chi connectivity index (χ3v) is 3.07. The number of carbonyl (C=O) groups excluding carboxylic acids is 1. The molecule has 1 fully saturated rings. The molecule has 1 aliphatic rings. The third kappa shape index (κ3) is 2.49. The van der Waals surface area contributed by atoms with Crippen LogP contribution in [0.1, 0.15) is 18.9 Å². The van der Waals surface area contributed by atoms with Crippen molar-refractivity contribution in [3.8, 4) is 6.07 Å². The summed E-state index contributed by atoms with van der Waals surface area (Å²) >= 11 is 0. The Hall–Kier alpha value is -1.93. The van der Waals surface area contributed by atoms with Crippen molar-refractivity contribution in [3.63, 3.8) is 0 Å². The van der Waals surface area contributed by atoms with Gasteiger partial charge < -0.3 is 10.1 Å². The van der Waals surface area contributed by atoms with Crippen LogP contribution in [0.25, 0.3) is 0 Å². The average molecular weight is 248 g/mol. The molecule has 2 unspecified atom stereocenters. The molecule has 1 aromatic carbocycles. The first-order chi connectivity index (χ1) is 8.61. The lowest BCUT2D eigenvalue weighted by molar-refractivity contribution is -0.121. The highest BCUT2D eigenvalue weighted by atomic mass is 19.1. The van der Waals surface area contributed by atoms with Crippen LogP contribution in [0.5, 0.6) is 0 Å². The number of carbonyl (C=O) groups is 1. The zero-order valence-corrected chi connectivity index (χ0v) is 9.94. The fraction of sp³-hybridized carbons (Fsp3) is 0.385. The van der Waals surface area contributed by atoms with E-state index in [1.165, 1.54) is 12.1 Å². The van der Waals surface area contributed by atoms with Gasteiger partial charge in [0.2, 0.25) is 5.91 Å². The maximum atomic E-state index is 13.0. The fourth-order valence-corrected chi connectivity index (χ4v) is 2.02. The fourth-order valence-electron chi connectivity index (χ4n) is 2.02. The number of hydrogen-bond acceptors (Lipinski definition) is 3. The maximum absolute atomic E-state index is 13.0. The molecule has 1 aliphatic heterocycles. The number of nitrogens with zero attached hydrogens (tertiary/aromatic N) is 1. The van der Waals surface area contributed by atoms with E-state index < -0.39 is 5.82 Å². The van der Waals surface area contributed by atoms with Gasteiger partial charge in [-0.15, -0.1) is 0 Å². The zero-order chi connectivity index (χ0) is 13.1. The summed E-state index contributed by atoms with van der Waals surface area (Å²) in [6, 6.07) is 5.57. The van der Waals surface area contributed by atoms with E-state index in [9.17, 15) is 9.18 Å². The Morgan fingerprint density at radius 3 is 3.00 bits per heavy atom. The second-order valence-corrected chi connectivity index (χ2v) is 4.26. The summed E-state index contributed by atoms with van der Waals surface area (Å²) in [4.78, 5) is 12.0. The molecule has 5 heteroatoms. The standard InChI is InChI=1S/C13H13FN2O2/c1-8-11(4-5-18-8)13(17)16-12-3-2-10(14)6-9(12)7-15/h2-3,6,8,11H,4-5H2,1H3,(H,16,17). The summed E-state index contributed by atoms with van der Waals surface area (Å²) in [6.45, 7) is 2.40. The van der Waals surface area contributed by atoms with Crippen molar-refractivity contribution in [3.05, 3.63) is 29.6 Å². The molecule has 4 nitrogen and oxygen atoms in total. The van der Waals surface area contributed by atoms with Gasteiger partial charge >= 0.3 is 0 Å². The predicted molar refractivity (Wildman–Crippen MR) is 63.3 cm³/mol. The van der Waals surface area contributed by atoms with Gasteiger partial charge in [0, 0.05) is 6.61 Å². The lowest BCUT2D eigenvalue weighted by Crippen LogP contribution is -2.28. The van der Waals surface area contributed by atoms with Gasteiger partial charge in [0.1, 0.15) is 11.9 Å². The van der Waals surface area contributed by atoms with Gasteiger partial charge in [0.05, 0.1) is 23.3 Å². The Balaban J connectivity index is 2.14. The molecule has 94 valence electrons. The Morgan fingerprint density at radius 2 is 2.39 bits per heavy atom. The van der Waals surface area contributed by atoms with Gasteiger partial charge in [-0.05, 0) is 31.5 Å². The van der Waals surface area contributed by atoms with Crippen molar-refractivity contribution in [2.24, 2.45) is 5.92 Å². The molecule has 0 bridgehead atoms. The van der Waals surface area contributed by atoms with Crippen LogP contribution in [-0.4, -0.2) is 18.6 Å². The van der Waals surface area contributed by atoms with Crippen molar-refractivity contribution < 1.29 is 13.9 Å². The van der Waals surface area contributed by atoms with Crippen LogP contribution in [-0.2, 0) is 9.53 Å². The van der Waals surface area contributed by atoms with E-state index in [-0.39, 0.29) is 23.5 Å². The second-order valence-electron chi connectivity index (χ2n) is 4.26. The smallest absolute Gasteiger partial charge is 0.230 e. The quantitative estimate of drug-likeness (QED) is 0.871. The largest absolute Gasteiger partial charge is 0.378 e. The Bertz CT molecular complexity index is 510. The first kappa shape index (κ1) is 12.5. The number of ether oxygens (including phenoxy) is 1. The van der Waals surface area contributed by atoms with Crippen LogP contribution in [0, 0.1) is 23.1 Å². The van der Waals surface area contributed by atoms with Gasteiger partial charge in [0.25, 0.3) is 0 Å². The van der Waals surface area contributed by atoms with Gasteiger partial charge in [-0.25, -0.2) is 4.39 Å². The summed E-state index contributed by atoms with van der Waals surface area (Å²) < 4.78 is 18.3. The zero-order valence-electron chi connectivity index (χ0n) is 9.94. The molecule has 0 aliphatic carbocycles. The van der Waals surface area contributed by atoms with E-state index >= 15 is 0 Å². The van der Waals surface area contributed by atoms with Crippen LogP contribution in [0.2, 0.25) is 0 Å². The van der Waals surface area contributed by atoms with Crippen LogP contribution in [0.4, 0.5) is 10.1 Å². The molecule has 1 aromatic rings. The second kappa shape index (κ2) is 5.15. The van der Waals surface area contributed by atoms with E-state index in [0.29, 0.717) is 18.7 Å². The van der Waals surface area contributed by atoms with E-state index in [2.05, 4.69) is 5.32 Å². The molecule has 1 heterocycles. The van der Waals surface area contributed by atoms with E-state index in [1.807, 2.05) is 13.0 Å². The molecule has 1 saturated heterocycles. The molecule has 2 rings (SSSR count). The highest BCUT2D eigenvalue weighted by Crippen LogP contribution is 2.23. The van der Waals surface area contributed by atoms with Gasteiger partial charge in [-0.3, -0.25) is 4.79 Å². The number of rotatable bonds is 2. The lowest BCUT2D eigenvalue weighted by atomic mass is 10.0. The first-order valence-corrected chi connectivity index (χ1v) is 5.74. The number of nitriles is 1. The monoisotopic (exact) mass is 248 g/mol. The minimum atomic E-state index is -0.498. The van der Waals surface area contributed by atoms with Crippen LogP contribution < -0.4 is 5.32 Å². The molecule has 2 atom stereocenters. The Labute approximate surface area is 104 Å². The normalized spacial score (nSPS) is 22.5. The first-order valence-electron chi connectivity index (χ1n) is 5.74. The SMILES string of the molecule is CC1OCCC1C(=O)Nc1ccc(F)cc1C#N. The van der Waals surface area contributed by atoms with Crippen molar-refractivity contribution in [2.75, 3.05) is 11.9 Å². The minimum absolute atomic E-state index is 0.120. The highest BCUT2D eigenvalue weighted by Gasteiger charge is 2.31. The summed E-state index contributed by atoms with van der Waals surface area (Å²) in [6.07, 6.45) is 0.534. The number of nitrogens with one attached hydrogen (secondary N) is 1. The number of halogens is 1. The van der Waals surface area contributed by atoms with Crippen molar-refractivity contribution >= 4 is 11.6 Å². The summed E-state index contributed by atoms with van der Waals surface area (Å²) in [5.74, 6) is -0.910.